The summed E-state index contributed by atoms with van der Waals surface area (Å²) in [5.74, 6) is 2.33. The lowest BCUT2D eigenvalue weighted by Crippen LogP contribution is -2.16. The van der Waals surface area contributed by atoms with Crippen molar-refractivity contribution in [2.75, 3.05) is 25.6 Å². The Balaban J connectivity index is 1.61. The van der Waals surface area contributed by atoms with E-state index in [2.05, 4.69) is 5.32 Å². The van der Waals surface area contributed by atoms with Gasteiger partial charge in [-0.25, -0.2) is 0 Å². The molecule has 1 aliphatic rings. The smallest absolute Gasteiger partial charge is 0.224 e. The number of fused-ring (bicyclic) bond motifs is 1. The molecule has 3 rings (SSSR count). The number of amides is 1. The minimum atomic E-state index is -0.0254. The molecule has 0 aliphatic carbocycles. The Morgan fingerprint density at radius 1 is 1.12 bits per heavy atom. The van der Waals surface area contributed by atoms with Gasteiger partial charge in [-0.1, -0.05) is 13.0 Å². The standard InChI is InChI=1S/C19H21NO4/c1-13(14-3-8-17-18(12-14)24-10-9-23-17)11-19(21)20-15-4-6-16(22-2)7-5-15/h3-8,12-13H,9-11H2,1-2H3,(H,20,21). The third-order valence-corrected chi connectivity index (χ3v) is 4.00. The highest BCUT2D eigenvalue weighted by atomic mass is 16.6. The highest BCUT2D eigenvalue weighted by Crippen LogP contribution is 2.34. The summed E-state index contributed by atoms with van der Waals surface area (Å²) in [6, 6.07) is 13.1. The Morgan fingerprint density at radius 2 is 1.83 bits per heavy atom. The summed E-state index contributed by atoms with van der Waals surface area (Å²) in [6.45, 7) is 3.16. The van der Waals surface area contributed by atoms with Gasteiger partial charge in [0.1, 0.15) is 19.0 Å². The topological polar surface area (TPSA) is 56.8 Å². The van der Waals surface area contributed by atoms with Crippen molar-refractivity contribution >= 4 is 11.6 Å². The number of carbonyl (C=O) groups is 1. The maximum atomic E-state index is 12.2. The van der Waals surface area contributed by atoms with Crippen molar-refractivity contribution in [1.29, 1.82) is 0 Å². The van der Waals surface area contributed by atoms with Gasteiger partial charge in [0.2, 0.25) is 5.91 Å². The zero-order valence-corrected chi connectivity index (χ0v) is 13.9. The highest BCUT2D eigenvalue weighted by molar-refractivity contribution is 5.91. The van der Waals surface area contributed by atoms with E-state index >= 15 is 0 Å². The summed E-state index contributed by atoms with van der Waals surface area (Å²) in [4.78, 5) is 12.2. The van der Waals surface area contributed by atoms with Crippen LogP contribution >= 0.6 is 0 Å². The third-order valence-electron chi connectivity index (χ3n) is 4.00. The van der Waals surface area contributed by atoms with Crippen molar-refractivity contribution in [1.82, 2.24) is 0 Å². The molecule has 24 heavy (non-hydrogen) atoms. The first-order chi connectivity index (χ1) is 11.7. The Kier molecular flexibility index (Phi) is 4.89. The Morgan fingerprint density at radius 3 is 2.54 bits per heavy atom. The van der Waals surface area contributed by atoms with Crippen molar-refractivity contribution < 1.29 is 19.0 Å². The normalized spacial score (nSPS) is 13.9. The molecule has 1 atom stereocenters. The van der Waals surface area contributed by atoms with E-state index in [0.29, 0.717) is 19.6 Å². The quantitative estimate of drug-likeness (QED) is 0.911. The fourth-order valence-corrected chi connectivity index (χ4v) is 2.65. The molecular weight excluding hydrogens is 306 g/mol. The van der Waals surface area contributed by atoms with Crippen molar-refractivity contribution in [3.05, 3.63) is 48.0 Å². The second-order valence-corrected chi connectivity index (χ2v) is 5.78. The second kappa shape index (κ2) is 7.25. The number of rotatable bonds is 5. The summed E-state index contributed by atoms with van der Waals surface area (Å²) >= 11 is 0. The lowest BCUT2D eigenvalue weighted by molar-refractivity contribution is -0.116. The Hall–Kier alpha value is -2.69. The number of methoxy groups -OCH3 is 1. The van der Waals surface area contributed by atoms with Crippen LogP contribution in [0, 0.1) is 0 Å². The number of nitrogens with one attached hydrogen (secondary N) is 1. The van der Waals surface area contributed by atoms with Crippen LogP contribution in [0.2, 0.25) is 0 Å². The van der Waals surface area contributed by atoms with Crippen molar-refractivity contribution in [3.8, 4) is 17.2 Å². The average Bonchev–Trinajstić information content (AvgIpc) is 2.61. The van der Waals surface area contributed by atoms with E-state index in [-0.39, 0.29) is 11.8 Å². The van der Waals surface area contributed by atoms with Gasteiger partial charge in [-0.2, -0.15) is 0 Å². The number of hydrogen-bond acceptors (Lipinski definition) is 4. The second-order valence-electron chi connectivity index (χ2n) is 5.78. The van der Waals surface area contributed by atoms with Gasteiger partial charge in [0.25, 0.3) is 0 Å². The van der Waals surface area contributed by atoms with E-state index in [1.807, 2.05) is 49.4 Å². The lowest BCUT2D eigenvalue weighted by atomic mass is 9.97. The van der Waals surface area contributed by atoms with E-state index < -0.39 is 0 Å². The largest absolute Gasteiger partial charge is 0.497 e. The molecule has 1 N–H and O–H groups in total. The van der Waals surface area contributed by atoms with E-state index in [1.54, 1.807) is 7.11 Å². The van der Waals surface area contributed by atoms with Gasteiger partial charge in [-0.05, 0) is 47.9 Å². The first kappa shape index (κ1) is 16.2. The van der Waals surface area contributed by atoms with Gasteiger partial charge in [0.05, 0.1) is 7.11 Å². The predicted octanol–water partition coefficient (Wildman–Crippen LogP) is 3.60. The Bertz CT molecular complexity index is 712. The fourth-order valence-electron chi connectivity index (χ4n) is 2.65. The number of carbonyl (C=O) groups excluding carboxylic acids is 1. The molecule has 1 heterocycles. The van der Waals surface area contributed by atoms with Crippen LogP contribution in [-0.2, 0) is 4.79 Å². The first-order valence-corrected chi connectivity index (χ1v) is 7.99. The molecule has 2 aromatic rings. The van der Waals surface area contributed by atoms with E-state index in [1.165, 1.54) is 0 Å². The molecular formula is C19H21NO4. The molecule has 0 bridgehead atoms. The molecule has 0 saturated carbocycles. The van der Waals surface area contributed by atoms with Crippen LogP contribution in [0.15, 0.2) is 42.5 Å². The van der Waals surface area contributed by atoms with Gasteiger partial charge in [0, 0.05) is 12.1 Å². The lowest BCUT2D eigenvalue weighted by Gasteiger charge is -2.20. The number of benzene rings is 2. The SMILES string of the molecule is COc1ccc(NC(=O)CC(C)c2ccc3c(c2)OCCO3)cc1. The molecule has 2 aromatic carbocycles. The molecule has 0 fully saturated rings. The zero-order chi connectivity index (χ0) is 16.9. The van der Waals surface area contributed by atoms with Crippen LogP contribution in [0.1, 0.15) is 24.8 Å². The molecule has 0 spiro atoms. The van der Waals surface area contributed by atoms with Crippen LogP contribution in [-0.4, -0.2) is 26.2 Å². The van der Waals surface area contributed by atoms with E-state index in [9.17, 15) is 4.79 Å². The van der Waals surface area contributed by atoms with Gasteiger partial charge in [-0.3, -0.25) is 4.79 Å². The van der Waals surface area contributed by atoms with Crippen LogP contribution in [0.25, 0.3) is 0 Å². The highest BCUT2D eigenvalue weighted by Gasteiger charge is 2.16. The van der Waals surface area contributed by atoms with Crippen LogP contribution in [0.3, 0.4) is 0 Å². The summed E-state index contributed by atoms with van der Waals surface area (Å²) in [6.07, 6.45) is 0.395. The third kappa shape index (κ3) is 3.79. The first-order valence-electron chi connectivity index (χ1n) is 7.99. The van der Waals surface area contributed by atoms with E-state index in [4.69, 9.17) is 14.2 Å². The molecule has 1 amide bonds. The number of ether oxygens (including phenoxy) is 3. The van der Waals surface area contributed by atoms with Crippen LogP contribution in [0.5, 0.6) is 17.2 Å². The van der Waals surface area contributed by atoms with Gasteiger partial charge in [0.15, 0.2) is 11.5 Å². The van der Waals surface area contributed by atoms with Crippen molar-refractivity contribution in [2.24, 2.45) is 0 Å². The Labute approximate surface area is 141 Å². The fraction of sp³-hybridized carbons (Fsp3) is 0.316. The maximum absolute atomic E-state index is 12.2. The molecule has 0 radical (unpaired) electrons. The van der Waals surface area contributed by atoms with Gasteiger partial charge < -0.3 is 19.5 Å². The molecule has 5 heteroatoms. The summed E-state index contributed by atoms with van der Waals surface area (Å²) in [7, 11) is 1.61. The zero-order valence-electron chi connectivity index (χ0n) is 13.9. The van der Waals surface area contributed by atoms with Gasteiger partial charge >= 0.3 is 0 Å². The molecule has 1 unspecified atom stereocenters. The minimum absolute atomic E-state index is 0.0254. The molecule has 5 nitrogen and oxygen atoms in total. The summed E-state index contributed by atoms with van der Waals surface area (Å²) in [5, 5.41) is 2.91. The molecule has 1 aliphatic heterocycles. The molecule has 0 saturated heterocycles. The maximum Gasteiger partial charge on any atom is 0.224 e. The van der Waals surface area contributed by atoms with Crippen LogP contribution in [0.4, 0.5) is 5.69 Å². The van der Waals surface area contributed by atoms with E-state index in [0.717, 1.165) is 28.5 Å². The monoisotopic (exact) mass is 327 g/mol. The minimum Gasteiger partial charge on any atom is -0.497 e. The van der Waals surface area contributed by atoms with Crippen molar-refractivity contribution in [3.63, 3.8) is 0 Å². The summed E-state index contributed by atoms with van der Waals surface area (Å²) < 4.78 is 16.2. The molecule has 126 valence electrons. The number of anilines is 1. The summed E-state index contributed by atoms with van der Waals surface area (Å²) in [5.41, 5.74) is 1.82. The predicted molar refractivity (Wildman–Crippen MR) is 92.1 cm³/mol. The van der Waals surface area contributed by atoms with Gasteiger partial charge in [-0.15, -0.1) is 0 Å². The molecule has 0 aromatic heterocycles. The number of hydrogen-bond donors (Lipinski definition) is 1. The average molecular weight is 327 g/mol. The van der Waals surface area contributed by atoms with Crippen molar-refractivity contribution in [2.45, 2.75) is 19.3 Å². The van der Waals surface area contributed by atoms with Crippen LogP contribution < -0.4 is 19.5 Å².